The monoisotopic (exact) mass is 983 g/mol. The van der Waals surface area contributed by atoms with E-state index in [-0.39, 0.29) is 30.3 Å². The lowest BCUT2D eigenvalue weighted by atomic mass is 9.93. The number of H-pyrrole nitrogens is 1. The molecule has 19 nitrogen and oxygen atoms in total. The summed E-state index contributed by atoms with van der Waals surface area (Å²) in [4.78, 5) is 38.9. The van der Waals surface area contributed by atoms with Crippen LogP contribution in [0.3, 0.4) is 0 Å². The fraction of sp³-hybridized carbons (Fsp3) is 0.542. The lowest BCUT2D eigenvalue weighted by molar-refractivity contribution is -0.278. The maximum Gasteiger partial charge on any atom is 0.331 e. The van der Waals surface area contributed by atoms with E-state index >= 15 is 0 Å². The predicted octanol–water partition coefficient (Wildman–Crippen LogP) is 2.29. The highest BCUT2D eigenvalue weighted by molar-refractivity contribution is 6.31. The zero-order chi connectivity index (χ0) is 50.5. The predicted molar refractivity (Wildman–Crippen MR) is 259 cm³/mol. The Kier molecular flexibility index (Phi) is 17.4. The molecule has 2 fully saturated rings. The van der Waals surface area contributed by atoms with Gasteiger partial charge in [-0.3, -0.25) is 23.8 Å². The normalized spacial score (nSPS) is 20.8. The van der Waals surface area contributed by atoms with E-state index in [2.05, 4.69) is 20.4 Å². The molecule has 0 bridgehead atoms. The number of benzene rings is 2. The van der Waals surface area contributed by atoms with Crippen LogP contribution in [0.5, 0.6) is 11.6 Å². The minimum atomic E-state index is -1.55. The molecule has 2 saturated heterocycles. The quantitative estimate of drug-likeness (QED) is 0.0622. The number of nitrogens with two attached hydrogens (primary N) is 2. The van der Waals surface area contributed by atoms with Crippen LogP contribution >= 0.6 is 11.6 Å². The summed E-state index contributed by atoms with van der Waals surface area (Å²) in [5.74, 6) is 1.08. The second kappa shape index (κ2) is 22.6. The summed E-state index contributed by atoms with van der Waals surface area (Å²) in [5, 5.41) is 51.0. The highest BCUT2D eigenvalue weighted by atomic mass is 35.5. The van der Waals surface area contributed by atoms with Crippen LogP contribution in [-0.4, -0.2) is 126 Å². The van der Waals surface area contributed by atoms with Crippen LogP contribution < -0.4 is 42.4 Å². The molecule has 0 spiro atoms. The number of aromatic amines is 1. The Labute approximate surface area is 404 Å². The molecule has 0 unspecified atom stereocenters. The Morgan fingerprint density at radius 1 is 1.07 bits per heavy atom. The van der Waals surface area contributed by atoms with Crippen molar-refractivity contribution in [2.75, 3.05) is 44.3 Å². The van der Waals surface area contributed by atoms with Crippen molar-refractivity contribution in [3.63, 3.8) is 0 Å². The van der Waals surface area contributed by atoms with Crippen molar-refractivity contribution in [3.05, 3.63) is 102 Å². The lowest BCUT2D eigenvalue weighted by Crippen LogP contribution is -2.60. The van der Waals surface area contributed by atoms with Crippen molar-refractivity contribution in [3.8, 4) is 11.6 Å². The zero-order valence-electron chi connectivity index (χ0n) is 40.2. The van der Waals surface area contributed by atoms with E-state index in [0.29, 0.717) is 54.3 Å². The first-order valence-corrected chi connectivity index (χ1v) is 23.5. The molecule has 5 heterocycles. The first kappa shape index (κ1) is 53.0. The number of nitrogens with one attached hydrogen (secondary N) is 2. The van der Waals surface area contributed by atoms with Gasteiger partial charge in [0.05, 0.1) is 30.7 Å². The number of halogens is 2. The van der Waals surface area contributed by atoms with E-state index in [9.17, 15) is 39.2 Å². The molecule has 6 atom stereocenters. The molecule has 69 heavy (non-hydrogen) atoms. The van der Waals surface area contributed by atoms with E-state index in [0.717, 1.165) is 64.3 Å². The van der Waals surface area contributed by atoms with Crippen LogP contribution in [0, 0.1) is 18.2 Å². The standard InChI is InChI=1S/C28H44N4O8.C20H23ClFN5O2/c1-15(2)21-19(25(32-31-21)40-26-24(36)23(35)22(34)20(13-33)39-26)12-17-7-8-18(11-16(17)3)38-10-6-9-30-14-28(4,5)27(29)37;1-24-16-9-17(26-7-3-4-14(23)11-26)27(18(16)19(28)25(2)20(24)29)10-12-8-13(22)5-6-15(12)21/h7-8,11,15,20,22-24,26,30,33-36H,6,9-10,12-14H2,1-5H3,(H2,29,37)(H,31,32);5-6,8-9,14H,3-4,7,10-11,23H2,1-2H3/t20-,22-,23+,24-,26+;14-/m11/s1. The number of hydrogen-bond donors (Lipinski definition) is 8. The second-order valence-corrected chi connectivity index (χ2v) is 19.3. The molecule has 5 aromatic rings. The highest BCUT2D eigenvalue weighted by Gasteiger charge is 2.45. The van der Waals surface area contributed by atoms with E-state index in [1.54, 1.807) is 20.9 Å². The molecule has 10 N–H and O–H groups in total. The number of carbonyl (C=O) groups is 1. The van der Waals surface area contributed by atoms with Crippen molar-refractivity contribution in [1.29, 1.82) is 0 Å². The van der Waals surface area contributed by atoms with Crippen LogP contribution in [0.2, 0.25) is 5.02 Å². The van der Waals surface area contributed by atoms with Crippen molar-refractivity contribution in [2.45, 2.75) is 110 Å². The van der Waals surface area contributed by atoms with E-state index in [4.69, 9.17) is 37.3 Å². The summed E-state index contributed by atoms with van der Waals surface area (Å²) in [6, 6.07) is 11.9. The second-order valence-electron chi connectivity index (χ2n) is 18.9. The van der Waals surface area contributed by atoms with Gasteiger partial charge in [-0.25, -0.2) is 9.18 Å². The van der Waals surface area contributed by atoms with Gasteiger partial charge in [0.15, 0.2) is 0 Å². The van der Waals surface area contributed by atoms with Gasteiger partial charge >= 0.3 is 5.69 Å². The fourth-order valence-electron chi connectivity index (χ4n) is 8.45. The average molecular weight is 985 g/mol. The number of aliphatic hydroxyl groups is 4. The smallest absolute Gasteiger partial charge is 0.331 e. The molecule has 0 saturated carbocycles. The molecule has 2 aliphatic rings. The third-order valence-electron chi connectivity index (χ3n) is 12.8. The van der Waals surface area contributed by atoms with Crippen molar-refractivity contribution < 1.29 is 43.8 Å². The number of piperidine rings is 1. The van der Waals surface area contributed by atoms with Gasteiger partial charge in [-0.05, 0) is 99.5 Å². The molecule has 378 valence electrons. The van der Waals surface area contributed by atoms with Crippen LogP contribution in [0.15, 0.2) is 52.1 Å². The summed E-state index contributed by atoms with van der Waals surface area (Å²) in [5.41, 5.74) is 15.3. The topological polar surface area (TPSA) is 271 Å². The van der Waals surface area contributed by atoms with Crippen LogP contribution in [0.4, 0.5) is 10.2 Å². The minimum Gasteiger partial charge on any atom is -0.494 e. The average Bonchev–Trinajstić information content (AvgIpc) is 3.89. The van der Waals surface area contributed by atoms with Crippen molar-refractivity contribution >= 4 is 34.4 Å². The van der Waals surface area contributed by atoms with E-state index < -0.39 is 59.8 Å². The third-order valence-corrected chi connectivity index (χ3v) is 13.2. The fourth-order valence-corrected chi connectivity index (χ4v) is 8.63. The molecule has 2 aromatic carbocycles. The summed E-state index contributed by atoms with van der Waals surface area (Å²) in [6.45, 7) is 12.4. The summed E-state index contributed by atoms with van der Waals surface area (Å²) < 4.78 is 35.5. The number of aromatic nitrogens is 5. The van der Waals surface area contributed by atoms with Gasteiger partial charge < -0.3 is 60.9 Å². The molecule has 2 aliphatic heterocycles. The zero-order valence-corrected chi connectivity index (χ0v) is 41.0. The Hall–Kier alpha value is -5.32. The number of rotatable bonds is 17. The molecular weight excluding hydrogens is 917 g/mol. The first-order valence-electron chi connectivity index (χ1n) is 23.1. The number of amides is 1. The lowest BCUT2D eigenvalue weighted by Gasteiger charge is -2.39. The number of hydrogen-bond acceptors (Lipinski definition) is 14. The first-order chi connectivity index (χ1) is 32.6. The minimum absolute atomic E-state index is 0.0274. The van der Waals surface area contributed by atoms with Crippen molar-refractivity contribution in [1.82, 2.24) is 29.2 Å². The van der Waals surface area contributed by atoms with Gasteiger partial charge in [0.2, 0.25) is 18.1 Å². The van der Waals surface area contributed by atoms with Gasteiger partial charge in [-0.2, -0.15) is 0 Å². The number of carbonyl (C=O) groups excluding carboxylic acids is 1. The van der Waals surface area contributed by atoms with E-state index in [1.807, 2.05) is 49.6 Å². The van der Waals surface area contributed by atoms with Gasteiger partial charge in [0, 0.05) is 68.5 Å². The maximum atomic E-state index is 13.9. The number of aliphatic hydroxyl groups excluding tert-OH is 4. The molecule has 3 aromatic heterocycles. The Bertz CT molecular complexity index is 2700. The Morgan fingerprint density at radius 2 is 1.81 bits per heavy atom. The molecule has 0 radical (unpaired) electrons. The largest absolute Gasteiger partial charge is 0.494 e. The number of aryl methyl sites for hydroxylation is 2. The Morgan fingerprint density at radius 3 is 2.48 bits per heavy atom. The van der Waals surface area contributed by atoms with Gasteiger partial charge in [0.1, 0.15) is 47.3 Å². The van der Waals surface area contributed by atoms with E-state index in [1.165, 1.54) is 29.8 Å². The summed E-state index contributed by atoms with van der Waals surface area (Å²) in [6.07, 6.45) is -3.85. The maximum absolute atomic E-state index is 13.9. The van der Waals surface area contributed by atoms with Gasteiger partial charge in [-0.1, -0.05) is 31.5 Å². The highest BCUT2D eigenvalue weighted by Crippen LogP contribution is 2.33. The number of primary amides is 1. The summed E-state index contributed by atoms with van der Waals surface area (Å²) in [7, 11) is 3.09. The van der Waals surface area contributed by atoms with Gasteiger partial charge in [0.25, 0.3) is 5.56 Å². The van der Waals surface area contributed by atoms with Crippen LogP contribution in [0.25, 0.3) is 11.0 Å². The molecule has 21 heteroatoms. The SMILES string of the molecule is Cc1cc(OCCCNCC(C)(C)C(N)=O)ccc1Cc1c(O[C@@H]2O[C@H](CO)[C@@H](O)[C@H](O)[C@H]2O)n[nH]c1C(C)C.Cn1c(=O)c2c(cc(N3CCC[C@@H](N)C3)n2Cc2cc(F)ccc2Cl)n(C)c1=O. The number of ether oxygens (including phenoxy) is 3. The van der Waals surface area contributed by atoms with Crippen molar-refractivity contribution in [2.24, 2.45) is 31.0 Å². The number of fused-ring (bicyclic) bond motifs is 1. The summed E-state index contributed by atoms with van der Waals surface area (Å²) >= 11 is 6.30. The van der Waals surface area contributed by atoms with Crippen LogP contribution in [-0.2, 0) is 36.6 Å². The molecular formula is C48H67ClFN9O10. The third kappa shape index (κ3) is 12.2. The molecule has 7 rings (SSSR count). The van der Waals surface area contributed by atoms with Gasteiger partial charge in [-0.15, -0.1) is 5.10 Å². The molecule has 0 aliphatic carbocycles. The Balaban J connectivity index is 0.000000238. The van der Waals surface area contributed by atoms with Crippen LogP contribution in [0.1, 0.15) is 80.8 Å². The molecule has 1 amide bonds. The number of anilines is 1. The number of nitrogens with zero attached hydrogens (tertiary/aromatic N) is 5.